The molecule has 0 aliphatic heterocycles. The van der Waals surface area contributed by atoms with Gasteiger partial charge in [0.15, 0.2) is 5.16 Å². The van der Waals surface area contributed by atoms with E-state index in [1.54, 1.807) is 0 Å². The van der Waals surface area contributed by atoms with Gasteiger partial charge in [0.25, 0.3) is 5.56 Å². The van der Waals surface area contributed by atoms with Crippen LogP contribution in [-0.4, -0.2) is 21.6 Å². The molecule has 5 nitrogen and oxygen atoms in total. The van der Waals surface area contributed by atoms with E-state index in [2.05, 4.69) is 42.0 Å². The number of H-pyrrole nitrogens is 1. The SMILES string of the molecule is Cc1ccc(-c2csc3nc(SCCCC(N)=O)[nH]c(=O)c23)c(C)c1. The van der Waals surface area contributed by atoms with E-state index >= 15 is 0 Å². The number of hydrogen-bond donors (Lipinski definition) is 2. The van der Waals surface area contributed by atoms with E-state index in [4.69, 9.17) is 5.73 Å². The van der Waals surface area contributed by atoms with Crippen LogP contribution in [0.2, 0.25) is 0 Å². The summed E-state index contributed by atoms with van der Waals surface area (Å²) in [6.45, 7) is 4.11. The number of benzene rings is 1. The van der Waals surface area contributed by atoms with Crippen molar-refractivity contribution in [1.82, 2.24) is 9.97 Å². The van der Waals surface area contributed by atoms with Gasteiger partial charge in [-0.1, -0.05) is 35.5 Å². The molecule has 0 unspecified atom stereocenters. The molecule has 1 aromatic carbocycles. The minimum Gasteiger partial charge on any atom is -0.370 e. The van der Waals surface area contributed by atoms with Gasteiger partial charge < -0.3 is 10.7 Å². The number of carbonyl (C=O) groups excluding carboxylic acids is 1. The lowest BCUT2D eigenvalue weighted by atomic mass is 9.99. The van der Waals surface area contributed by atoms with Gasteiger partial charge in [0, 0.05) is 23.1 Å². The van der Waals surface area contributed by atoms with Gasteiger partial charge in [0.2, 0.25) is 5.91 Å². The van der Waals surface area contributed by atoms with Crippen molar-refractivity contribution in [3.63, 3.8) is 0 Å². The molecule has 2 aromatic heterocycles. The number of thioether (sulfide) groups is 1. The van der Waals surface area contributed by atoms with E-state index in [0.29, 0.717) is 29.1 Å². The molecule has 7 heteroatoms. The molecule has 0 spiro atoms. The van der Waals surface area contributed by atoms with Gasteiger partial charge in [-0.05, 0) is 31.4 Å². The van der Waals surface area contributed by atoms with Crippen LogP contribution < -0.4 is 11.3 Å². The van der Waals surface area contributed by atoms with Crippen LogP contribution in [0.4, 0.5) is 0 Å². The molecule has 3 rings (SSSR count). The maximum absolute atomic E-state index is 12.6. The van der Waals surface area contributed by atoms with E-state index < -0.39 is 0 Å². The van der Waals surface area contributed by atoms with Crippen LogP contribution in [0.5, 0.6) is 0 Å². The van der Waals surface area contributed by atoms with Crippen molar-refractivity contribution in [3.05, 3.63) is 45.1 Å². The normalized spacial score (nSPS) is 11.1. The number of hydrogen-bond acceptors (Lipinski definition) is 5. The van der Waals surface area contributed by atoms with Gasteiger partial charge in [0.05, 0.1) is 5.39 Å². The Morgan fingerprint density at radius 1 is 1.32 bits per heavy atom. The van der Waals surface area contributed by atoms with Crippen LogP contribution in [0.15, 0.2) is 33.5 Å². The lowest BCUT2D eigenvalue weighted by Gasteiger charge is -2.06. The average molecular weight is 374 g/mol. The summed E-state index contributed by atoms with van der Waals surface area (Å²) in [4.78, 5) is 31.5. The number of amides is 1. The topological polar surface area (TPSA) is 88.8 Å². The summed E-state index contributed by atoms with van der Waals surface area (Å²) in [7, 11) is 0. The highest BCUT2D eigenvalue weighted by Crippen LogP contribution is 2.33. The fraction of sp³-hybridized carbons (Fsp3) is 0.278. The fourth-order valence-corrected chi connectivity index (χ4v) is 4.53. The third-order valence-corrected chi connectivity index (χ3v) is 5.73. The Morgan fingerprint density at radius 3 is 2.84 bits per heavy atom. The number of primary amides is 1. The number of rotatable bonds is 6. The molecule has 0 bridgehead atoms. The molecule has 2 heterocycles. The van der Waals surface area contributed by atoms with Crippen LogP contribution in [0.1, 0.15) is 24.0 Å². The second-order valence-electron chi connectivity index (χ2n) is 5.94. The highest BCUT2D eigenvalue weighted by molar-refractivity contribution is 7.99. The quantitative estimate of drug-likeness (QED) is 0.392. The molecule has 25 heavy (non-hydrogen) atoms. The lowest BCUT2D eigenvalue weighted by molar-refractivity contribution is -0.118. The number of nitrogens with one attached hydrogen (secondary N) is 1. The summed E-state index contributed by atoms with van der Waals surface area (Å²) in [5.74, 6) is 0.376. The number of fused-ring (bicyclic) bond motifs is 1. The van der Waals surface area contributed by atoms with Crippen LogP contribution >= 0.6 is 23.1 Å². The Balaban J connectivity index is 1.91. The van der Waals surface area contributed by atoms with Crippen molar-refractivity contribution in [2.45, 2.75) is 31.8 Å². The first-order valence-electron chi connectivity index (χ1n) is 7.96. The standard InChI is InChI=1S/C18H19N3O2S2/c1-10-5-6-12(11(2)8-10)13-9-25-17-15(13)16(23)20-18(21-17)24-7-3-4-14(19)22/h5-6,8-9H,3-4,7H2,1-2H3,(H2,19,22)(H,20,21,23). The molecule has 0 aliphatic rings. The number of carbonyl (C=O) groups is 1. The van der Waals surface area contributed by atoms with Gasteiger partial charge in [-0.15, -0.1) is 11.3 Å². The Labute approximate surface area is 153 Å². The molecule has 3 aromatic rings. The number of aryl methyl sites for hydroxylation is 2. The molecular formula is C18H19N3O2S2. The maximum Gasteiger partial charge on any atom is 0.260 e. The molecule has 0 aliphatic carbocycles. The average Bonchev–Trinajstić information content (AvgIpc) is 2.96. The molecule has 1 amide bonds. The molecule has 0 saturated carbocycles. The van der Waals surface area contributed by atoms with Crippen molar-refractivity contribution in [1.29, 1.82) is 0 Å². The molecule has 3 N–H and O–H groups in total. The Morgan fingerprint density at radius 2 is 2.12 bits per heavy atom. The predicted molar refractivity (Wildman–Crippen MR) is 104 cm³/mol. The summed E-state index contributed by atoms with van der Waals surface area (Å²) in [6, 6.07) is 6.22. The number of thiophene rings is 1. The van der Waals surface area contributed by atoms with Crippen molar-refractivity contribution in [2.75, 3.05) is 5.75 Å². The minimum absolute atomic E-state index is 0.126. The third kappa shape index (κ3) is 3.93. The lowest BCUT2D eigenvalue weighted by Crippen LogP contribution is -2.11. The second kappa shape index (κ2) is 7.41. The summed E-state index contributed by atoms with van der Waals surface area (Å²) in [6.07, 6.45) is 1.01. The number of nitrogens with two attached hydrogens (primary N) is 1. The number of aromatic nitrogens is 2. The van der Waals surface area contributed by atoms with E-state index in [9.17, 15) is 9.59 Å². The maximum atomic E-state index is 12.6. The van der Waals surface area contributed by atoms with Crippen LogP contribution in [0, 0.1) is 13.8 Å². The zero-order valence-electron chi connectivity index (χ0n) is 14.1. The van der Waals surface area contributed by atoms with Gasteiger partial charge in [0.1, 0.15) is 4.83 Å². The first-order valence-corrected chi connectivity index (χ1v) is 9.82. The second-order valence-corrected chi connectivity index (χ2v) is 7.88. The predicted octanol–water partition coefficient (Wildman–Crippen LogP) is 3.63. The number of aromatic amines is 1. The number of nitrogens with zero attached hydrogens (tertiary/aromatic N) is 1. The van der Waals surface area contributed by atoms with E-state index in [0.717, 1.165) is 21.5 Å². The Kier molecular flexibility index (Phi) is 5.24. The third-order valence-electron chi connectivity index (χ3n) is 3.90. The van der Waals surface area contributed by atoms with Crippen LogP contribution in [-0.2, 0) is 4.79 Å². The summed E-state index contributed by atoms with van der Waals surface area (Å²) >= 11 is 2.91. The van der Waals surface area contributed by atoms with Crippen molar-refractivity contribution < 1.29 is 4.79 Å². The molecular weight excluding hydrogens is 354 g/mol. The highest BCUT2D eigenvalue weighted by atomic mass is 32.2. The van der Waals surface area contributed by atoms with E-state index in [-0.39, 0.29) is 11.5 Å². The highest BCUT2D eigenvalue weighted by Gasteiger charge is 2.14. The van der Waals surface area contributed by atoms with E-state index in [1.165, 1.54) is 28.7 Å². The van der Waals surface area contributed by atoms with Crippen molar-refractivity contribution in [2.24, 2.45) is 5.73 Å². The monoisotopic (exact) mass is 373 g/mol. The Hall–Kier alpha value is -2.12. The minimum atomic E-state index is -0.311. The molecule has 0 saturated heterocycles. The van der Waals surface area contributed by atoms with Gasteiger partial charge in [-0.3, -0.25) is 9.59 Å². The summed E-state index contributed by atoms with van der Waals surface area (Å²) < 4.78 is 0. The zero-order chi connectivity index (χ0) is 18.0. The first kappa shape index (κ1) is 17.7. The van der Waals surface area contributed by atoms with Gasteiger partial charge in [-0.25, -0.2) is 4.98 Å². The molecule has 130 valence electrons. The smallest absolute Gasteiger partial charge is 0.260 e. The molecule has 0 atom stereocenters. The van der Waals surface area contributed by atoms with Gasteiger partial charge >= 0.3 is 0 Å². The summed E-state index contributed by atoms with van der Waals surface area (Å²) in [5.41, 5.74) is 9.33. The Bertz CT molecular complexity index is 992. The van der Waals surface area contributed by atoms with Gasteiger partial charge in [-0.2, -0.15) is 0 Å². The first-order chi connectivity index (χ1) is 12.0. The van der Waals surface area contributed by atoms with E-state index in [1.807, 2.05) is 5.38 Å². The fourth-order valence-electron chi connectivity index (χ4n) is 2.73. The largest absolute Gasteiger partial charge is 0.370 e. The summed E-state index contributed by atoms with van der Waals surface area (Å²) in [5, 5.41) is 3.21. The molecule has 0 radical (unpaired) electrons. The van der Waals surface area contributed by atoms with Crippen LogP contribution in [0.3, 0.4) is 0 Å². The van der Waals surface area contributed by atoms with Crippen LogP contribution in [0.25, 0.3) is 21.3 Å². The van der Waals surface area contributed by atoms with Crippen molar-refractivity contribution in [3.8, 4) is 11.1 Å². The zero-order valence-corrected chi connectivity index (χ0v) is 15.7. The molecule has 0 fully saturated rings. The van der Waals surface area contributed by atoms with Crippen molar-refractivity contribution >= 4 is 39.2 Å².